The van der Waals surface area contributed by atoms with Gasteiger partial charge in [0, 0.05) is 19.0 Å². The summed E-state index contributed by atoms with van der Waals surface area (Å²) >= 11 is 0. The van der Waals surface area contributed by atoms with Gasteiger partial charge in [0.05, 0.1) is 11.9 Å². The molecule has 0 aliphatic carbocycles. The van der Waals surface area contributed by atoms with Crippen LogP contribution in [0, 0.1) is 20.8 Å². The molecule has 0 spiro atoms. The van der Waals surface area contributed by atoms with Crippen LogP contribution in [0.2, 0.25) is 0 Å². The summed E-state index contributed by atoms with van der Waals surface area (Å²) < 4.78 is 27.0. The summed E-state index contributed by atoms with van der Waals surface area (Å²) in [4.78, 5) is 29.4. The number of rotatable bonds is 12. The van der Waals surface area contributed by atoms with Crippen molar-refractivity contribution in [3.63, 3.8) is 0 Å². The zero-order valence-electron chi connectivity index (χ0n) is 24.3. The molecule has 3 aromatic rings. The highest BCUT2D eigenvalue weighted by Crippen LogP contribution is 2.23. The normalized spacial score (nSPS) is 12.8. The first-order chi connectivity index (χ1) is 18.9. The number of carbonyl (C=O) groups excluding carboxylic acids is 2. The molecular weight excluding hydrogens is 522 g/mol. The van der Waals surface area contributed by atoms with E-state index in [2.05, 4.69) is 5.32 Å². The number of aryl methyl sites for hydroxylation is 3. The maximum Gasteiger partial charge on any atom is 0.244 e. The van der Waals surface area contributed by atoms with Crippen molar-refractivity contribution >= 4 is 27.5 Å². The van der Waals surface area contributed by atoms with E-state index in [1.54, 1.807) is 12.1 Å². The predicted octanol–water partition coefficient (Wildman–Crippen LogP) is 4.93. The minimum atomic E-state index is -3.80. The van der Waals surface area contributed by atoms with Gasteiger partial charge in [0.2, 0.25) is 21.8 Å². The molecule has 0 aliphatic heterocycles. The first-order valence-electron chi connectivity index (χ1n) is 13.6. The molecule has 214 valence electrons. The van der Waals surface area contributed by atoms with E-state index in [0.717, 1.165) is 44.8 Å². The molecule has 0 saturated carbocycles. The van der Waals surface area contributed by atoms with Gasteiger partial charge >= 0.3 is 0 Å². The molecule has 0 fully saturated rings. The number of nitrogens with zero attached hydrogens (tertiary/aromatic N) is 2. The highest BCUT2D eigenvalue weighted by molar-refractivity contribution is 7.92. The first-order valence-corrected chi connectivity index (χ1v) is 15.5. The molecule has 3 rings (SSSR count). The van der Waals surface area contributed by atoms with Gasteiger partial charge in [-0.3, -0.25) is 13.9 Å². The van der Waals surface area contributed by atoms with E-state index in [0.29, 0.717) is 12.1 Å². The summed E-state index contributed by atoms with van der Waals surface area (Å²) in [5.41, 5.74) is 5.14. The van der Waals surface area contributed by atoms with Gasteiger partial charge in [-0.2, -0.15) is 0 Å². The molecule has 0 bridgehead atoms. The Bertz CT molecular complexity index is 1420. The number of sulfonamides is 1. The van der Waals surface area contributed by atoms with Crippen LogP contribution in [0.15, 0.2) is 72.8 Å². The van der Waals surface area contributed by atoms with Crippen LogP contribution in [-0.2, 0) is 32.6 Å². The second kappa shape index (κ2) is 13.6. The molecule has 8 heteroatoms. The van der Waals surface area contributed by atoms with Crippen LogP contribution in [0.25, 0.3) is 0 Å². The van der Waals surface area contributed by atoms with Crippen molar-refractivity contribution in [2.24, 2.45) is 0 Å². The molecule has 7 nitrogen and oxygen atoms in total. The maximum absolute atomic E-state index is 14.2. The average molecular weight is 564 g/mol. The van der Waals surface area contributed by atoms with Crippen molar-refractivity contribution in [3.05, 3.63) is 101 Å². The van der Waals surface area contributed by atoms with Gasteiger partial charge in [0.25, 0.3) is 0 Å². The summed E-state index contributed by atoms with van der Waals surface area (Å²) in [6.45, 7) is 9.47. The van der Waals surface area contributed by atoms with Gasteiger partial charge in [-0.15, -0.1) is 0 Å². The minimum absolute atomic E-state index is 0.0794. The Balaban J connectivity index is 2.08. The standard InChI is InChI=1S/C32H41N3O4S/c1-7-26(5)33-32(37)30(20-27-14-9-8-10-15-27)34(21-28-16-12-11-13-24(28)3)31(36)22-35(40(6,38)39)29-18-17-23(2)25(4)19-29/h8-19,26,30H,7,20-22H2,1-6H3,(H,33,37)/t26-,30+/m1/s1. The molecule has 1 N–H and O–H groups in total. The lowest BCUT2D eigenvalue weighted by Crippen LogP contribution is -2.54. The Kier molecular flexibility index (Phi) is 10.5. The van der Waals surface area contributed by atoms with Crippen molar-refractivity contribution in [3.8, 4) is 0 Å². The monoisotopic (exact) mass is 563 g/mol. The molecule has 3 aromatic carbocycles. The van der Waals surface area contributed by atoms with Crippen LogP contribution < -0.4 is 9.62 Å². The van der Waals surface area contributed by atoms with Crippen LogP contribution >= 0.6 is 0 Å². The minimum Gasteiger partial charge on any atom is -0.352 e. The number of benzene rings is 3. The largest absolute Gasteiger partial charge is 0.352 e. The molecule has 0 saturated heterocycles. The van der Waals surface area contributed by atoms with Gasteiger partial charge in [-0.05, 0) is 74.1 Å². The van der Waals surface area contributed by atoms with Gasteiger partial charge in [0.1, 0.15) is 12.6 Å². The van der Waals surface area contributed by atoms with E-state index >= 15 is 0 Å². The summed E-state index contributed by atoms with van der Waals surface area (Å²) in [5, 5.41) is 3.05. The third-order valence-corrected chi connectivity index (χ3v) is 8.47. The Labute approximate surface area is 239 Å². The summed E-state index contributed by atoms with van der Waals surface area (Å²) in [6.07, 6.45) is 2.13. The highest BCUT2D eigenvalue weighted by Gasteiger charge is 2.33. The number of amides is 2. The lowest BCUT2D eigenvalue weighted by molar-refractivity contribution is -0.140. The average Bonchev–Trinajstić information content (AvgIpc) is 2.91. The number of anilines is 1. The predicted molar refractivity (Wildman–Crippen MR) is 162 cm³/mol. The van der Waals surface area contributed by atoms with Crippen LogP contribution in [0.4, 0.5) is 5.69 Å². The fourth-order valence-electron chi connectivity index (χ4n) is 4.46. The Morgan fingerprint density at radius 3 is 2.12 bits per heavy atom. The SMILES string of the molecule is CC[C@@H](C)NC(=O)[C@H](Cc1ccccc1)N(Cc1ccccc1C)C(=O)CN(c1ccc(C)c(C)c1)S(C)(=O)=O. The van der Waals surface area contributed by atoms with E-state index in [-0.39, 0.29) is 18.5 Å². The first kappa shape index (κ1) is 30.9. The van der Waals surface area contributed by atoms with E-state index in [1.165, 1.54) is 4.90 Å². The van der Waals surface area contributed by atoms with Crippen LogP contribution in [0.1, 0.15) is 48.1 Å². The van der Waals surface area contributed by atoms with E-state index in [4.69, 9.17) is 0 Å². The van der Waals surface area contributed by atoms with Gasteiger partial charge in [-0.1, -0.05) is 67.6 Å². The summed E-state index contributed by atoms with van der Waals surface area (Å²) in [6, 6.07) is 21.7. The Hall–Kier alpha value is -3.65. The molecule has 0 heterocycles. The number of carbonyl (C=O) groups is 2. The number of hydrogen-bond acceptors (Lipinski definition) is 4. The quantitative estimate of drug-likeness (QED) is 0.339. The maximum atomic E-state index is 14.2. The molecule has 0 aliphatic rings. The Morgan fingerprint density at radius 1 is 0.875 bits per heavy atom. The zero-order valence-corrected chi connectivity index (χ0v) is 25.2. The topological polar surface area (TPSA) is 86.8 Å². The fraction of sp³-hybridized carbons (Fsp3) is 0.375. The van der Waals surface area contributed by atoms with Crippen LogP contribution in [-0.4, -0.2) is 50.0 Å². The molecule has 2 amide bonds. The number of hydrogen-bond donors (Lipinski definition) is 1. The zero-order chi connectivity index (χ0) is 29.4. The molecular formula is C32H41N3O4S. The third kappa shape index (κ3) is 8.18. The lowest BCUT2D eigenvalue weighted by atomic mass is 10.0. The fourth-order valence-corrected chi connectivity index (χ4v) is 5.30. The molecule has 0 radical (unpaired) electrons. The van der Waals surface area contributed by atoms with Crippen molar-refractivity contribution in [1.82, 2.24) is 10.2 Å². The molecule has 0 unspecified atom stereocenters. The van der Waals surface area contributed by atoms with Crippen LogP contribution in [0.5, 0.6) is 0 Å². The third-order valence-electron chi connectivity index (χ3n) is 7.33. The van der Waals surface area contributed by atoms with E-state index in [1.807, 2.05) is 95.3 Å². The van der Waals surface area contributed by atoms with Gasteiger partial charge < -0.3 is 10.2 Å². The number of nitrogens with one attached hydrogen (secondary N) is 1. The Morgan fingerprint density at radius 2 is 1.52 bits per heavy atom. The van der Waals surface area contributed by atoms with Crippen molar-refractivity contribution in [2.45, 2.75) is 66.1 Å². The smallest absolute Gasteiger partial charge is 0.244 e. The highest BCUT2D eigenvalue weighted by atomic mass is 32.2. The second-order valence-corrected chi connectivity index (χ2v) is 12.4. The summed E-state index contributed by atoms with van der Waals surface area (Å²) in [5.74, 6) is -0.718. The van der Waals surface area contributed by atoms with Crippen molar-refractivity contribution in [2.75, 3.05) is 17.1 Å². The van der Waals surface area contributed by atoms with Crippen molar-refractivity contribution in [1.29, 1.82) is 0 Å². The van der Waals surface area contributed by atoms with E-state index < -0.39 is 28.5 Å². The second-order valence-electron chi connectivity index (χ2n) is 10.5. The van der Waals surface area contributed by atoms with Crippen molar-refractivity contribution < 1.29 is 18.0 Å². The summed E-state index contributed by atoms with van der Waals surface area (Å²) in [7, 11) is -3.80. The molecule has 0 aromatic heterocycles. The van der Waals surface area contributed by atoms with Gasteiger partial charge in [0.15, 0.2) is 0 Å². The van der Waals surface area contributed by atoms with Gasteiger partial charge in [-0.25, -0.2) is 8.42 Å². The van der Waals surface area contributed by atoms with Crippen LogP contribution in [0.3, 0.4) is 0 Å². The molecule has 40 heavy (non-hydrogen) atoms. The molecule has 2 atom stereocenters. The lowest BCUT2D eigenvalue weighted by Gasteiger charge is -2.34. The van der Waals surface area contributed by atoms with E-state index in [9.17, 15) is 18.0 Å².